The van der Waals surface area contributed by atoms with E-state index in [0.717, 1.165) is 0 Å². The lowest BCUT2D eigenvalue weighted by Gasteiger charge is -2.41. The molecule has 200 valence electrons. The molecule has 1 saturated heterocycles. The summed E-state index contributed by atoms with van der Waals surface area (Å²) in [6, 6.07) is 7.05. The van der Waals surface area contributed by atoms with Gasteiger partial charge in [0.25, 0.3) is 0 Å². The number of hydrogen-bond donors (Lipinski definition) is 1. The van der Waals surface area contributed by atoms with E-state index in [1.807, 2.05) is 24.8 Å². The minimum Gasteiger partial charge on any atom is -0.467 e. The number of nitrogens with one attached hydrogen (secondary N) is 1. The van der Waals surface area contributed by atoms with E-state index in [-0.39, 0.29) is 12.3 Å². The average Bonchev–Trinajstić information content (AvgIpc) is 2.79. The lowest BCUT2D eigenvalue weighted by molar-refractivity contribution is -0.149. The molecule has 10 nitrogen and oxygen atoms in total. The van der Waals surface area contributed by atoms with Gasteiger partial charge in [0.05, 0.1) is 13.2 Å². The summed E-state index contributed by atoms with van der Waals surface area (Å²) in [6.45, 7) is 12.2. The molecule has 2 atom stereocenters. The fourth-order valence-electron chi connectivity index (χ4n) is 4.10. The number of rotatable bonds is 8. The quantitative estimate of drug-likeness (QED) is 0.536. The van der Waals surface area contributed by atoms with Gasteiger partial charge in [-0.3, -0.25) is 14.6 Å². The Hall–Kier alpha value is -3.14. The van der Waals surface area contributed by atoms with E-state index in [4.69, 9.17) is 14.2 Å². The van der Waals surface area contributed by atoms with Crippen molar-refractivity contribution in [3.63, 3.8) is 0 Å². The Morgan fingerprint density at radius 2 is 1.69 bits per heavy atom. The van der Waals surface area contributed by atoms with Crippen LogP contribution in [-0.4, -0.2) is 84.7 Å². The molecule has 10 heteroatoms. The maximum atomic E-state index is 12.7. The zero-order valence-electron chi connectivity index (χ0n) is 22.3. The fraction of sp³-hybridized carbons (Fsp3) is 0.615. The summed E-state index contributed by atoms with van der Waals surface area (Å²) in [4.78, 5) is 53.4. The normalized spacial score (nSPS) is 17.6. The number of ketones is 1. The number of Topliss-reactive ketones (excluding diaryl/α,β-unsaturated/α-hetero) is 1. The predicted octanol–water partition coefficient (Wildman–Crippen LogP) is 3.24. The maximum absolute atomic E-state index is 12.7. The van der Waals surface area contributed by atoms with Crippen molar-refractivity contribution in [3.8, 4) is 5.75 Å². The molecule has 1 aliphatic rings. The van der Waals surface area contributed by atoms with Gasteiger partial charge in [-0.2, -0.15) is 0 Å². The number of carbonyl (C=O) groups excluding carboxylic acids is 4. The van der Waals surface area contributed by atoms with E-state index >= 15 is 0 Å². The standard InChI is InChI=1S/C26H39N3O7/c1-18(30)21(27-23(32)35-19-11-9-8-10-12-19)26(5,6)13-14-28-15-16-29(20(17-28)22(31)34-7)24(33)36-25(2,3)4/h8-12,20-21H,13-17H2,1-7H3,(H,27,32)/t20-,21+/m0/s1. The largest absolute Gasteiger partial charge is 0.467 e. The van der Waals surface area contributed by atoms with Crippen LogP contribution < -0.4 is 10.1 Å². The summed E-state index contributed by atoms with van der Waals surface area (Å²) in [7, 11) is 1.29. The van der Waals surface area contributed by atoms with Crippen molar-refractivity contribution in [2.24, 2.45) is 5.41 Å². The van der Waals surface area contributed by atoms with Crippen molar-refractivity contribution in [2.75, 3.05) is 33.3 Å². The van der Waals surface area contributed by atoms with Gasteiger partial charge in [0.1, 0.15) is 17.4 Å². The molecule has 1 N–H and O–H groups in total. The molecule has 1 heterocycles. The molecule has 1 aliphatic heterocycles. The zero-order valence-corrected chi connectivity index (χ0v) is 22.3. The molecular weight excluding hydrogens is 466 g/mol. The predicted molar refractivity (Wildman–Crippen MR) is 134 cm³/mol. The highest BCUT2D eigenvalue weighted by atomic mass is 16.6. The highest BCUT2D eigenvalue weighted by Gasteiger charge is 2.40. The lowest BCUT2D eigenvalue weighted by Crippen LogP contribution is -2.59. The van der Waals surface area contributed by atoms with Gasteiger partial charge in [-0.25, -0.2) is 14.4 Å². The number of piperazine rings is 1. The highest BCUT2D eigenvalue weighted by molar-refractivity contribution is 5.86. The Morgan fingerprint density at radius 3 is 2.25 bits per heavy atom. The van der Waals surface area contributed by atoms with Crippen LogP contribution in [0, 0.1) is 5.41 Å². The first kappa shape index (κ1) is 29.1. The van der Waals surface area contributed by atoms with E-state index in [1.54, 1.807) is 45.0 Å². The number of carbonyl (C=O) groups is 4. The number of esters is 1. The van der Waals surface area contributed by atoms with Crippen LogP contribution in [0.3, 0.4) is 0 Å². The number of benzene rings is 1. The molecule has 2 amide bonds. The van der Waals surface area contributed by atoms with Gasteiger partial charge in [-0.1, -0.05) is 32.0 Å². The minimum absolute atomic E-state index is 0.188. The number of nitrogens with zero attached hydrogens (tertiary/aromatic N) is 2. The molecule has 1 fully saturated rings. The summed E-state index contributed by atoms with van der Waals surface area (Å²) in [5.41, 5.74) is -1.29. The van der Waals surface area contributed by atoms with Crippen LogP contribution in [-0.2, 0) is 19.1 Å². The van der Waals surface area contributed by atoms with Crippen molar-refractivity contribution < 1.29 is 33.4 Å². The molecule has 0 unspecified atom stereocenters. The van der Waals surface area contributed by atoms with Gasteiger partial charge in [-0.05, 0) is 58.2 Å². The van der Waals surface area contributed by atoms with Gasteiger partial charge in [-0.15, -0.1) is 0 Å². The zero-order chi connectivity index (χ0) is 27.1. The molecule has 0 aliphatic carbocycles. The Labute approximate surface area is 213 Å². The van der Waals surface area contributed by atoms with Gasteiger partial charge < -0.3 is 19.5 Å². The summed E-state index contributed by atoms with van der Waals surface area (Å²) in [6.07, 6.45) is -0.717. The summed E-state index contributed by atoms with van der Waals surface area (Å²) >= 11 is 0. The summed E-state index contributed by atoms with van der Waals surface area (Å²) < 4.78 is 15.7. The van der Waals surface area contributed by atoms with Crippen LogP contribution in [0.15, 0.2) is 30.3 Å². The van der Waals surface area contributed by atoms with Gasteiger partial charge in [0, 0.05) is 19.6 Å². The van der Waals surface area contributed by atoms with Crippen molar-refractivity contribution in [1.82, 2.24) is 15.1 Å². The Morgan fingerprint density at radius 1 is 1.06 bits per heavy atom. The molecule has 0 radical (unpaired) electrons. The second-order valence-electron chi connectivity index (χ2n) is 10.6. The maximum Gasteiger partial charge on any atom is 0.413 e. The van der Waals surface area contributed by atoms with Crippen molar-refractivity contribution in [2.45, 2.75) is 65.6 Å². The third-order valence-electron chi connectivity index (χ3n) is 6.04. The van der Waals surface area contributed by atoms with Gasteiger partial charge >= 0.3 is 18.2 Å². The molecule has 2 rings (SSSR count). The molecule has 1 aromatic rings. The summed E-state index contributed by atoms with van der Waals surface area (Å²) in [5.74, 6) is -0.323. The third-order valence-corrected chi connectivity index (χ3v) is 6.04. The lowest BCUT2D eigenvalue weighted by atomic mass is 9.79. The highest BCUT2D eigenvalue weighted by Crippen LogP contribution is 2.28. The van der Waals surface area contributed by atoms with Crippen LogP contribution in [0.2, 0.25) is 0 Å². The van der Waals surface area contributed by atoms with E-state index in [9.17, 15) is 19.2 Å². The molecule has 0 saturated carbocycles. The van der Waals surface area contributed by atoms with Crippen molar-refractivity contribution in [3.05, 3.63) is 30.3 Å². The number of ether oxygens (including phenoxy) is 3. The van der Waals surface area contributed by atoms with E-state index in [2.05, 4.69) is 5.32 Å². The van der Waals surface area contributed by atoms with Crippen molar-refractivity contribution >= 4 is 23.9 Å². The number of hydrogen-bond acceptors (Lipinski definition) is 8. The number of para-hydroxylation sites is 1. The first-order valence-electron chi connectivity index (χ1n) is 12.1. The first-order chi connectivity index (χ1) is 16.7. The molecular formula is C26H39N3O7. The van der Waals surface area contributed by atoms with Crippen LogP contribution in [0.5, 0.6) is 5.75 Å². The molecule has 0 aromatic heterocycles. The Bertz CT molecular complexity index is 927. The molecule has 36 heavy (non-hydrogen) atoms. The van der Waals surface area contributed by atoms with E-state index in [0.29, 0.717) is 31.8 Å². The van der Waals surface area contributed by atoms with Crippen LogP contribution in [0.4, 0.5) is 9.59 Å². The van der Waals surface area contributed by atoms with E-state index < -0.39 is 41.3 Å². The topological polar surface area (TPSA) is 114 Å². The van der Waals surface area contributed by atoms with E-state index in [1.165, 1.54) is 18.9 Å². The Kier molecular flexibility index (Phi) is 9.86. The fourth-order valence-corrected chi connectivity index (χ4v) is 4.10. The SMILES string of the molecule is COC(=O)[C@@H]1CN(CCC(C)(C)[C@H](NC(=O)Oc2ccccc2)C(C)=O)CCN1C(=O)OC(C)(C)C. The smallest absolute Gasteiger partial charge is 0.413 e. The molecule has 0 bridgehead atoms. The first-order valence-corrected chi connectivity index (χ1v) is 12.1. The van der Waals surface area contributed by atoms with Crippen molar-refractivity contribution in [1.29, 1.82) is 0 Å². The molecule has 0 spiro atoms. The minimum atomic E-state index is -0.802. The average molecular weight is 506 g/mol. The van der Waals surface area contributed by atoms with Crippen LogP contribution in [0.25, 0.3) is 0 Å². The second kappa shape index (κ2) is 12.2. The molecule has 1 aromatic carbocycles. The van der Waals surface area contributed by atoms with Gasteiger partial charge in [0.15, 0.2) is 5.78 Å². The second-order valence-corrected chi connectivity index (χ2v) is 10.6. The van der Waals surface area contributed by atoms with Crippen LogP contribution >= 0.6 is 0 Å². The number of methoxy groups -OCH3 is 1. The third kappa shape index (κ3) is 8.51. The Balaban J connectivity index is 2.02. The van der Waals surface area contributed by atoms with Gasteiger partial charge in [0.2, 0.25) is 0 Å². The number of amides is 2. The summed E-state index contributed by atoms with van der Waals surface area (Å²) in [5, 5.41) is 2.70. The van der Waals surface area contributed by atoms with Crippen LogP contribution in [0.1, 0.15) is 48.0 Å². The monoisotopic (exact) mass is 505 g/mol.